The maximum absolute atomic E-state index is 12.6. The Morgan fingerprint density at radius 1 is 1.06 bits per heavy atom. The van der Waals surface area contributed by atoms with Crippen molar-refractivity contribution in [3.63, 3.8) is 0 Å². The van der Waals surface area contributed by atoms with E-state index in [1.54, 1.807) is 12.3 Å². The third kappa shape index (κ3) is 9.39. The molecule has 0 unspecified atom stereocenters. The third-order valence-electron chi connectivity index (χ3n) is 4.58. The van der Waals surface area contributed by atoms with Crippen molar-refractivity contribution in [1.29, 1.82) is 0 Å². The summed E-state index contributed by atoms with van der Waals surface area (Å²) in [6.45, 7) is 2.91. The lowest BCUT2D eigenvalue weighted by molar-refractivity contribution is -0.137. The Hall–Kier alpha value is -3.26. The summed E-state index contributed by atoms with van der Waals surface area (Å²) in [5.74, 6) is -0.367. The van der Waals surface area contributed by atoms with E-state index in [0.717, 1.165) is 11.1 Å². The Balaban J connectivity index is 1.78. The number of aromatic nitrogens is 1. The molecule has 31 heavy (non-hydrogen) atoms. The lowest BCUT2D eigenvalue weighted by atomic mass is 10.1. The van der Waals surface area contributed by atoms with Crippen molar-refractivity contribution in [3.8, 4) is 0 Å². The minimum Gasteiger partial charge on any atom is -0.383 e. The Labute approximate surface area is 183 Å². The summed E-state index contributed by atoms with van der Waals surface area (Å²) in [7, 11) is 1.53. The highest BCUT2D eigenvalue weighted by atomic mass is 16.5. The van der Waals surface area contributed by atoms with Gasteiger partial charge in [-0.1, -0.05) is 30.3 Å². The van der Waals surface area contributed by atoms with E-state index in [1.807, 2.05) is 43.3 Å². The maximum Gasteiger partial charge on any atom is 0.239 e. The van der Waals surface area contributed by atoms with E-state index < -0.39 is 0 Å². The number of ether oxygens (including phenoxy) is 1. The van der Waals surface area contributed by atoms with Gasteiger partial charge in [-0.25, -0.2) is 4.98 Å². The van der Waals surface area contributed by atoms with Gasteiger partial charge in [0.05, 0.1) is 13.2 Å². The SMILES string of the molecule is COCCN(CC(=O)NCCc1ccccc1)C(=O)CCC(=O)Nc1cc(C)ccn1. The molecule has 8 heteroatoms. The number of pyridine rings is 1. The molecule has 2 rings (SSSR count). The van der Waals surface area contributed by atoms with Gasteiger partial charge in [0.2, 0.25) is 17.7 Å². The first-order valence-electron chi connectivity index (χ1n) is 10.3. The molecule has 1 aromatic heterocycles. The summed E-state index contributed by atoms with van der Waals surface area (Å²) in [6, 6.07) is 13.4. The van der Waals surface area contributed by atoms with Gasteiger partial charge in [0, 0.05) is 39.2 Å². The van der Waals surface area contributed by atoms with Crippen molar-refractivity contribution in [2.24, 2.45) is 0 Å². The highest BCUT2D eigenvalue weighted by molar-refractivity contribution is 5.93. The van der Waals surface area contributed by atoms with Gasteiger partial charge in [-0.05, 0) is 36.6 Å². The lowest BCUT2D eigenvalue weighted by Gasteiger charge is -2.22. The zero-order valence-electron chi connectivity index (χ0n) is 18.1. The average molecular weight is 427 g/mol. The first kappa shape index (κ1) is 24.0. The predicted octanol–water partition coefficient (Wildman–Crippen LogP) is 1.94. The molecule has 2 aromatic rings. The number of amides is 3. The van der Waals surface area contributed by atoms with E-state index in [1.165, 1.54) is 12.0 Å². The molecule has 166 valence electrons. The molecule has 0 aliphatic carbocycles. The van der Waals surface area contributed by atoms with Crippen LogP contribution in [0.5, 0.6) is 0 Å². The standard InChI is InChI=1S/C23H30N4O4/c1-18-10-12-24-20(16-18)26-21(28)8-9-23(30)27(14-15-31-2)17-22(29)25-13-11-19-6-4-3-5-7-19/h3-7,10,12,16H,8-9,11,13-15,17H2,1-2H3,(H,25,29)(H,24,26,28). The van der Waals surface area contributed by atoms with Crippen LogP contribution in [0.4, 0.5) is 5.82 Å². The van der Waals surface area contributed by atoms with Crippen molar-refractivity contribution in [2.75, 3.05) is 38.7 Å². The Kier molecular flexibility index (Phi) is 10.2. The molecule has 0 fully saturated rings. The maximum atomic E-state index is 12.6. The monoisotopic (exact) mass is 426 g/mol. The number of benzene rings is 1. The number of carbonyl (C=O) groups is 3. The topological polar surface area (TPSA) is 101 Å². The van der Waals surface area contributed by atoms with E-state index in [-0.39, 0.29) is 43.7 Å². The van der Waals surface area contributed by atoms with Crippen LogP contribution in [0, 0.1) is 6.92 Å². The van der Waals surface area contributed by atoms with Crippen molar-refractivity contribution in [2.45, 2.75) is 26.2 Å². The number of hydrogen-bond acceptors (Lipinski definition) is 5. The zero-order valence-corrected chi connectivity index (χ0v) is 18.1. The van der Waals surface area contributed by atoms with E-state index in [4.69, 9.17) is 4.74 Å². The van der Waals surface area contributed by atoms with Crippen LogP contribution >= 0.6 is 0 Å². The summed E-state index contributed by atoms with van der Waals surface area (Å²) < 4.78 is 5.05. The highest BCUT2D eigenvalue weighted by Crippen LogP contribution is 2.07. The minimum atomic E-state index is -0.301. The quantitative estimate of drug-likeness (QED) is 0.540. The van der Waals surface area contributed by atoms with Gasteiger partial charge in [-0.3, -0.25) is 14.4 Å². The van der Waals surface area contributed by atoms with Gasteiger partial charge in [0.1, 0.15) is 5.82 Å². The van der Waals surface area contributed by atoms with Gasteiger partial charge in [0.25, 0.3) is 0 Å². The molecule has 0 spiro atoms. The van der Waals surface area contributed by atoms with E-state index in [9.17, 15) is 14.4 Å². The number of nitrogens with zero attached hydrogens (tertiary/aromatic N) is 2. The number of nitrogens with one attached hydrogen (secondary N) is 2. The second-order valence-corrected chi connectivity index (χ2v) is 7.16. The Morgan fingerprint density at radius 3 is 2.55 bits per heavy atom. The fourth-order valence-corrected chi connectivity index (χ4v) is 2.90. The summed E-state index contributed by atoms with van der Waals surface area (Å²) in [5.41, 5.74) is 2.11. The first-order chi connectivity index (χ1) is 15.0. The highest BCUT2D eigenvalue weighted by Gasteiger charge is 2.18. The largest absolute Gasteiger partial charge is 0.383 e. The summed E-state index contributed by atoms with van der Waals surface area (Å²) in [4.78, 5) is 42.5. The Bertz CT molecular complexity index is 858. The van der Waals surface area contributed by atoms with Crippen LogP contribution in [0.25, 0.3) is 0 Å². The third-order valence-corrected chi connectivity index (χ3v) is 4.58. The fourth-order valence-electron chi connectivity index (χ4n) is 2.90. The molecule has 0 aliphatic heterocycles. The molecule has 2 N–H and O–H groups in total. The molecule has 1 heterocycles. The molecule has 0 aliphatic rings. The van der Waals surface area contributed by atoms with Crippen LogP contribution in [0.3, 0.4) is 0 Å². The molecule has 0 atom stereocenters. The van der Waals surface area contributed by atoms with Gasteiger partial charge < -0.3 is 20.3 Å². The summed E-state index contributed by atoms with van der Waals surface area (Å²) in [5, 5.41) is 5.51. The average Bonchev–Trinajstić information content (AvgIpc) is 2.75. The van der Waals surface area contributed by atoms with E-state index >= 15 is 0 Å². The van der Waals surface area contributed by atoms with Crippen LogP contribution in [-0.2, 0) is 25.5 Å². The molecule has 0 saturated carbocycles. The van der Waals surface area contributed by atoms with Crippen molar-refractivity contribution >= 4 is 23.5 Å². The summed E-state index contributed by atoms with van der Waals surface area (Å²) in [6.07, 6.45) is 2.33. The molecule has 0 radical (unpaired) electrons. The normalized spacial score (nSPS) is 10.4. The van der Waals surface area contributed by atoms with Crippen LogP contribution in [0.2, 0.25) is 0 Å². The predicted molar refractivity (Wildman–Crippen MR) is 118 cm³/mol. The summed E-state index contributed by atoms with van der Waals surface area (Å²) >= 11 is 0. The number of aryl methyl sites for hydroxylation is 1. The second-order valence-electron chi connectivity index (χ2n) is 7.16. The smallest absolute Gasteiger partial charge is 0.239 e. The van der Waals surface area contributed by atoms with Crippen molar-refractivity contribution < 1.29 is 19.1 Å². The molecular formula is C23H30N4O4. The molecule has 0 saturated heterocycles. The molecule has 3 amide bonds. The van der Waals surface area contributed by atoms with Crippen LogP contribution in [-0.4, -0.2) is 61.0 Å². The zero-order chi connectivity index (χ0) is 22.5. The molecule has 8 nitrogen and oxygen atoms in total. The molecule has 0 bridgehead atoms. The number of carbonyl (C=O) groups excluding carboxylic acids is 3. The molecule has 1 aromatic carbocycles. The van der Waals surface area contributed by atoms with Gasteiger partial charge in [0.15, 0.2) is 0 Å². The number of anilines is 1. The van der Waals surface area contributed by atoms with Crippen LogP contribution in [0.1, 0.15) is 24.0 Å². The first-order valence-corrected chi connectivity index (χ1v) is 10.3. The lowest BCUT2D eigenvalue weighted by Crippen LogP contribution is -2.42. The number of rotatable bonds is 12. The fraction of sp³-hybridized carbons (Fsp3) is 0.391. The van der Waals surface area contributed by atoms with Gasteiger partial charge in [-0.15, -0.1) is 0 Å². The van der Waals surface area contributed by atoms with E-state index in [2.05, 4.69) is 15.6 Å². The van der Waals surface area contributed by atoms with E-state index in [0.29, 0.717) is 25.4 Å². The number of hydrogen-bond donors (Lipinski definition) is 2. The number of methoxy groups -OCH3 is 1. The van der Waals surface area contributed by atoms with Crippen LogP contribution < -0.4 is 10.6 Å². The van der Waals surface area contributed by atoms with Crippen LogP contribution in [0.15, 0.2) is 48.7 Å². The second kappa shape index (κ2) is 13.1. The van der Waals surface area contributed by atoms with Crippen molar-refractivity contribution in [3.05, 3.63) is 59.8 Å². The molecular weight excluding hydrogens is 396 g/mol. The minimum absolute atomic E-state index is 0.00133. The Morgan fingerprint density at radius 2 is 1.84 bits per heavy atom. The van der Waals surface area contributed by atoms with Crippen molar-refractivity contribution in [1.82, 2.24) is 15.2 Å². The van der Waals surface area contributed by atoms with Gasteiger partial charge >= 0.3 is 0 Å². The van der Waals surface area contributed by atoms with Gasteiger partial charge in [-0.2, -0.15) is 0 Å².